The molecule has 0 aliphatic heterocycles. The highest BCUT2D eigenvalue weighted by Gasteiger charge is 2.41. The number of aliphatic hydroxyl groups excluding tert-OH is 2. The Kier molecular flexibility index (Phi) is 10.2. The van der Waals surface area contributed by atoms with Crippen LogP contribution in [0.3, 0.4) is 0 Å². The molecule has 1 saturated carbocycles. The van der Waals surface area contributed by atoms with Crippen molar-refractivity contribution in [2.75, 3.05) is 0 Å². The normalized spacial score (nSPS) is 25.5. The van der Waals surface area contributed by atoms with Crippen LogP contribution in [0.1, 0.15) is 87.9 Å². The maximum Gasteiger partial charge on any atom is 0.303 e. The van der Waals surface area contributed by atoms with Crippen molar-refractivity contribution < 1.29 is 20.1 Å². The minimum Gasteiger partial charge on any atom is -0.481 e. The Hall–Kier alpha value is -1.36. The van der Waals surface area contributed by atoms with Gasteiger partial charge in [0.15, 0.2) is 0 Å². The molecule has 5 atom stereocenters. The minimum absolute atomic E-state index is 0.0209. The van der Waals surface area contributed by atoms with E-state index >= 15 is 0 Å². The van der Waals surface area contributed by atoms with Crippen molar-refractivity contribution in [3.05, 3.63) is 47.5 Å². The quantitative estimate of drug-likeness (QED) is 0.233. The molecule has 4 unspecified atom stereocenters. The highest BCUT2D eigenvalue weighted by Crippen LogP contribution is 2.45. The number of aliphatic carboxylic acids is 1. The molecule has 1 aliphatic carbocycles. The highest BCUT2D eigenvalue weighted by molar-refractivity contribution is 6.21. The number of carbonyl (C=O) groups is 1. The van der Waals surface area contributed by atoms with E-state index in [9.17, 15) is 15.0 Å². The monoisotopic (exact) mass is 422 g/mol. The van der Waals surface area contributed by atoms with E-state index < -0.39 is 18.2 Å². The lowest BCUT2D eigenvalue weighted by molar-refractivity contribution is -0.137. The fourth-order valence-electron chi connectivity index (χ4n) is 4.26. The molecule has 2 rings (SSSR count). The number of hydrogen-bond acceptors (Lipinski definition) is 3. The molecule has 4 nitrogen and oxygen atoms in total. The predicted octanol–water partition coefficient (Wildman–Crippen LogP) is 5.57. The topological polar surface area (TPSA) is 77.8 Å². The van der Waals surface area contributed by atoms with Gasteiger partial charge in [0.05, 0.1) is 12.2 Å². The number of aliphatic hydroxyl groups is 2. The van der Waals surface area contributed by atoms with Crippen LogP contribution in [-0.4, -0.2) is 32.8 Å². The molecule has 3 N–H and O–H groups in total. The van der Waals surface area contributed by atoms with Crippen molar-refractivity contribution in [3.63, 3.8) is 0 Å². The Labute approximate surface area is 179 Å². The lowest BCUT2D eigenvalue weighted by atomic mass is 9.84. The van der Waals surface area contributed by atoms with Crippen molar-refractivity contribution >= 4 is 17.6 Å². The smallest absolute Gasteiger partial charge is 0.303 e. The second-order valence-electron chi connectivity index (χ2n) is 8.18. The van der Waals surface area contributed by atoms with Gasteiger partial charge in [-0.3, -0.25) is 4.79 Å². The number of carboxylic acid groups (broad SMARTS) is 1. The molecular weight excluding hydrogens is 388 g/mol. The van der Waals surface area contributed by atoms with Gasteiger partial charge in [-0.15, -0.1) is 11.6 Å². The van der Waals surface area contributed by atoms with Crippen LogP contribution in [0.5, 0.6) is 0 Å². The number of alkyl halides is 1. The summed E-state index contributed by atoms with van der Waals surface area (Å²) in [5, 5.41) is 29.5. The Morgan fingerprint density at radius 3 is 2.59 bits per heavy atom. The third kappa shape index (κ3) is 7.44. The third-order valence-electron chi connectivity index (χ3n) is 5.93. The van der Waals surface area contributed by atoms with Gasteiger partial charge < -0.3 is 15.3 Å². The number of allylic oxidation sites excluding steroid dienone is 2. The summed E-state index contributed by atoms with van der Waals surface area (Å²) in [7, 11) is 0. The van der Waals surface area contributed by atoms with E-state index in [0.29, 0.717) is 12.8 Å². The van der Waals surface area contributed by atoms with Crippen LogP contribution < -0.4 is 0 Å². The lowest BCUT2D eigenvalue weighted by Crippen LogP contribution is -2.18. The van der Waals surface area contributed by atoms with E-state index in [2.05, 4.69) is 13.0 Å². The van der Waals surface area contributed by atoms with Crippen LogP contribution in [0.4, 0.5) is 0 Å². The summed E-state index contributed by atoms with van der Waals surface area (Å²) >= 11 is 6.54. The Morgan fingerprint density at radius 2 is 1.93 bits per heavy atom. The predicted molar refractivity (Wildman–Crippen MR) is 117 cm³/mol. The molecular formula is C24H35ClO4. The molecule has 29 heavy (non-hydrogen) atoms. The number of benzene rings is 1. The Morgan fingerprint density at radius 1 is 1.21 bits per heavy atom. The summed E-state index contributed by atoms with van der Waals surface area (Å²) in [4.78, 5) is 10.6. The first-order valence-corrected chi connectivity index (χ1v) is 11.3. The maximum atomic E-state index is 10.6. The van der Waals surface area contributed by atoms with Gasteiger partial charge in [0.25, 0.3) is 0 Å². The summed E-state index contributed by atoms with van der Waals surface area (Å²) in [6.07, 6.45) is 10.2. The molecule has 1 fully saturated rings. The largest absolute Gasteiger partial charge is 0.481 e. The van der Waals surface area contributed by atoms with Gasteiger partial charge in [-0.25, -0.2) is 0 Å². The summed E-state index contributed by atoms with van der Waals surface area (Å²) in [6.45, 7) is 2.15. The average molecular weight is 423 g/mol. The Balaban J connectivity index is 1.96. The van der Waals surface area contributed by atoms with Gasteiger partial charge in [0.1, 0.15) is 0 Å². The number of rotatable bonds is 12. The van der Waals surface area contributed by atoms with Crippen LogP contribution in [0.2, 0.25) is 0 Å². The average Bonchev–Trinajstić information content (AvgIpc) is 2.97. The lowest BCUT2D eigenvalue weighted by Gasteiger charge is -2.23. The molecule has 1 aliphatic rings. The number of unbranched alkanes of at least 4 members (excludes halogenated alkanes) is 3. The van der Waals surface area contributed by atoms with Crippen molar-refractivity contribution in [1.82, 2.24) is 0 Å². The molecule has 0 bridgehead atoms. The third-order valence-corrected chi connectivity index (χ3v) is 6.43. The van der Waals surface area contributed by atoms with Gasteiger partial charge in [0.2, 0.25) is 0 Å². The molecule has 5 heteroatoms. The first-order valence-electron chi connectivity index (χ1n) is 10.9. The molecule has 0 amide bonds. The van der Waals surface area contributed by atoms with Crippen LogP contribution in [-0.2, 0) is 4.79 Å². The summed E-state index contributed by atoms with van der Waals surface area (Å²) in [5.41, 5.74) is 1.99. The van der Waals surface area contributed by atoms with E-state index in [0.717, 1.165) is 49.7 Å². The fourth-order valence-corrected chi connectivity index (χ4v) is 4.71. The molecule has 0 spiro atoms. The molecule has 162 valence electrons. The molecule has 0 saturated heterocycles. The zero-order valence-corrected chi connectivity index (χ0v) is 18.1. The standard InChI is InChI=1S/C24H35ClO4/c1-2-3-6-10-21(26)17-12-14-18(15-13-17)24-19(20(25)16-22(24)27)9-7-4-5-8-11-23(28)29/h4,7,12-15,19-22,24,26-27H,2-3,5-6,8-11,16H2,1H3,(H,28,29)/b7-4-/t19-,20?,21?,22?,24?/m0/s1. The van der Waals surface area contributed by atoms with Crippen LogP contribution in [0, 0.1) is 5.92 Å². The van der Waals surface area contributed by atoms with Gasteiger partial charge >= 0.3 is 5.97 Å². The van der Waals surface area contributed by atoms with Crippen LogP contribution in [0.25, 0.3) is 0 Å². The molecule has 0 heterocycles. The van der Waals surface area contributed by atoms with Crippen LogP contribution >= 0.6 is 11.6 Å². The first kappa shape index (κ1) is 23.9. The molecule has 1 aromatic carbocycles. The minimum atomic E-state index is -0.767. The van der Waals surface area contributed by atoms with E-state index in [4.69, 9.17) is 16.7 Å². The van der Waals surface area contributed by atoms with Gasteiger partial charge in [-0.2, -0.15) is 0 Å². The summed E-state index contributed by atoms with van der Waals surface area (Å²) in [6, 6.07) is 7.98. The fraction of sp³-hybridized carbons (Fsp3) is 0.625. The van der Waals surface area contributed by atoms with E-state index in [-0.39, 0.29) is 23.6 Å². The van der Waals surface area contributed by atoms with Gasteiger partial charge in [-0.05, 0) is 49.1 Å². The zero-order chi connectivity index (χ0) is 21.2. The van der Waals surface area contributed by atoms with E-state index in [1.807, 2.05) is 30.3 Å². The summed E-state index contributed by atoms with van der Waals surface area (Å²) in [5.74, 6) is -0.646. The van der Waals surface area contributed by atoms with Crippen molar-refractivity contribution in [1.29, 1.82) is 0 Å². The second-order valence-corrected chi connectivity index (χ2v) is 8.74. The van der Waals surface area contributed by atoms with Crippen molar-refractivity contribution in [3.8, 4) is 0 Å². The zero-order valence-electron chi connectivity index (χ0n) is 17.3. The molecule has 0 aromatic heterocycles. The Bertz CT molecular complexity index is 643. The second kappa shape index (κ2) is 12.4. The highest BCUT2D eigenvalue weighted by atomic mass is 35.5. The van der Waals surface area contributed by atoms with Crippen molar-refractivity contribution in [2.45, 2.75) is 88.2 Å². The number of halogens is 1. The molecule has 0 radical (unpaired) electrons. The van der Waals surface area contributed by atoms with E-state index in [1.165, 1.54) is 0 Å². The van der Waals surface area contributed by atoms with Gasteiger partial charge in [0, 0.05) is 17.7 Å². The molecule has 1 aromatic rings. The first-order chi connectivity index (χ1) is 13.9. The summed E-state index contributed by atoms with van der Waals surface area (Å²) < 4.78 is 0. The van der Waals surface area contributed by atoms with E-state index in [1.54, 1.807) is 0 Å². The van der Waals surface area contributed by atoms with Gasteiger partial charge in [-0.1, -0.05) is 62.6 Å². The SMILES string of the molecule is CCCCCC(O)c1ccc(C2C(O)CC(Cl)[C@@H]2C/C=C\CCCC(=O)O)cc1. The van der Waals surface area contributed by atoms with Crippen LogP contribution in [0.15, 0.2) is 36.4 Å². The maximum absolute atomic E-state index is 10.6. The number of hydrogen-bond donors (Lipinski definition) is 3. The number of carboxylic acids is 1. The van der Waals surface area contributed by atoms with Crippen molar-refractivity contribution in [2.24, 2.45) is 5.92 Å².